The molecule has 0 aliphatic carbocycles. The number of nitrogens with zero attached hydrogens (tertiary/aromatic N) is 11. The molecule has 0 aliphatic heterocycles. The van der Waals surface area contributed by atoms with Gasteiger partial charge in [-0.2, -0.15) is 41.4 Å². The number of nitrogens with one attached hydrogen (secondary N) is 1. The number of halogens is 1. The SMILES string of the molecule is CC(C)(C)n1ncc(C#N)c1N.CC(c1ccccc1)c1[nH]nc(N)c1C#N.N#Cc1cnn(-c2ccccc2)c1N.N#Cc1cnn(-c2ccccc2Cl)c1N. The molecule has 16 nitrogen and oxygen atoms in total. The third-order valence-electron chi connectivity index (χ3n) is 8.16. The first-order chi connectivity index (χ1) is 27.3. The van der Waals surface area contributed by atoms with Crippen molar-refractivity contribution in [3.05, 3.63) is 142 Å². The Balaban J connectivity index is 0.000000169. The number of aromatic nitrogens is 8. The topological polar surface area (TPSA) is 281 Å². The molecule has 4 aromatic heterocycles. The maximum absolute atomic E-state index is 8.99. The van der Waals surface area contributed by atoms with E-state index in [0.717, 1.165) is 16.9 Å². The molecule has 1 unspecified atom stereocenters. The summed E-state index contributed by atoms with van der Waals surface area (Å²) in [5.74, 6) is 1.45. The highest BCUT2D eigenvalue weighted by molar-refractivity contribution is 6.32. The van der Waals surface area contributed by atoms with Gasteiger partial charge in [-0.1, -0.05) is 79.2 Å². The predicted molar refractivity (Wildman–Crippen MR) is 218 cm³/mol. The Kier molecular flexibility index (Phi) is 13.8. The van der Waals surface area contributed by atoms with E-state index in [9.17, 15) is 0 Å². The van der Waals surface area contributed by atoms with Crippen LogP contribution in [0.4, 0.5) is 23.3 Å². The molecule has 0 saturated carbocycles. The number of H-pyrrole nitrogens is 1. The Morgan fingerprint density at radius 2 is 1.14 bits per heavy atom. The van der Waals surface area contributed by atoms with Gasteiger partial charge in [0.15, 0.2) is 5.82 Å². The Morgan fingerprint density at radius 3 is 1.63 bits per heavy atom. The van der Waals surface area contributed by atoms with E-state index in [1.54, 1.807) is 21.5 Å². The third-order valence-corrected chi connectivity index (χ3v) is 8.48. The molecule has 3 aromatic carbocycles. The van der Waals surface area contributed by atoms with E-state index in [4.69, 9.17) is 55.6 Å². The number of nitriles is 4. The summed E-state index contributed by atoms with van der Waals surface area (Å²) in [6, 6.07) is 34.5. The number of benzene rings is 3. The molecule has 0 saturated heterocycles. The van der Waals surface area contributed by atoms with Crippen LogP contribution in [-0.4, -0.2) is 39.5 Å². The van der Waals surface area contributed by atoms with E-state index >= 15 is 0 Å². The Hall–Kier alpha value is -8.05. The zero-order valence-electron chi connectivity index (χ0n) is 31.5. The van der Waals surface area contributed by atoms with Crippen LogP contribution < -0.4 is 22.9 Å². The summed E-state index contributed by atoms with van der Waals surface area (Å²) in [7, 11) is 0. The number of nitrogens with two attached hydrogens (primary N) is 4. The van der Waals surface area contributed by atoms with Crippen LogP contribution in [0, 0.1) is 45.3 Å². The van der Waals surface area contributed by atoms with Gasteiger partial charge in [0.25, 0.3) is 0 Å². The quantitative estimate of drug-likeness (QED) is 0.129. The van der Waals surface area contributed by atoms with Crippen molar-refractivity contribution in [2.24, 2.45) is 0 Å². The van der Waals surface area contributed by atoms with E-state index < -0.39 is 0 Å². The monoisotopic (exact) mass is 778 g/mol. The van der Waals surface area contributed by atoms with E-state index in [2.05, 4.69) is 31.6 Å². The van der Waals surface area contributed by atoms with Crippen molar-refractivity contribution in [2.75, 3.05) is 22.9 Å². The van der Waals surface area contributed by atoms with Crippen molar-refractivity contribution in [1.29, 1.82) is 21.0 Å². The maximum Gasteiger partial charge on any atom is 0.163 e. The predicted octanol–water partition coefficient (Wildman–Crippen LogP) is 6.41. The van der Waals surface area contributed by atoms with E-state index in [-0.39, 0.29) is 17.3 Å². The second-order valence-corrected chi connectivity index (χ2v) is 13.4. The molecule has 17 heteroatoms. The van der Waals surface area contributed by atoms with Crippen LogP contribution in [0.1, 0.15) is 67.1 Å². The molecular formula is C40H39ClN16. The van der Waals surface area contributed by atoms with Crippen LogP contribution in [0.15, 0.2) is 104 Å². The normalized spacial score (nSPS) is 10.7. The molecule has 7 aromatic rings. The fourth-order valence-corrected chi connectivity index (χ4v) is 5.38. The molecule has 7 rings (SSSR count). The molecular weight excluding hydrogens is 740 g/mol. The maximum atomic E-state index is 8.99. The average Bonchev–Trinajstić information content (AvgIpc) is 4.00. The van der Waals surface area contributed by atoms with Crippen LogP contribution in [0.25, 0.3) is 11.4 Å². The molecule has 4 heterocycles. The first kappa shape index (κ1) is 41.7. The number of aromatic amines is 1. The number of nitrogen functional groups attached to an aromatic ring is 4. The summed E-state index contributed by atoms with van der Waals surface area (Å²) in [6.45, 7) is 7.97. The molecule has 57 heavy (non-hydrogen) atoms. The van der Waals surface area contributed by atoms with E-state index in [1.165, 1.54) is 23.3 Å². The first-order valence-electron chi connectivity index (χ1n) is 17.1. The molecule has 0 bridgehead atoms. The fraction of sp³-hybridized carbons (Fsp3) is 0.150. The van der Waals surface area contributed by atoms with Crippen molar-refractivity contribution in [2.45, 2.75) is 39.2 Å². The number of rotatable bonds is 4. The molecule has 0 amide bonds. The summed E-state index contributed by atoms with van der Waals surface area (Å²) in [6.07, 6.45) is 4.36. The van der Waals surface area contributed by atoms with Gasteiger partial charge in [-0.25, -0.2) is 14.0 Å². The summed E-state index contributed by atoms with van der Waals surface area (Å²) in [5.41, 5.74) is 27.6. The highest BCUT2D eigenvalue weighted by Gasteiger charge is 2.19. The smallest absolute Gasteiger partial charge is 0.163 e. The first-order valence-corrected chi connectivity index (χ1v) is 17.4. The van der Waals surface area contributed by atoms with Gasteiger partial charge in [0, 0.05) is 5.92 Å². The minimum Gasteiger partial charge on any atom is -0.383 e. The minimum absolute atomic E-state index is 0.0839. The Morgan fingerprint density at radius 1 is 0.649 bits per heavy atom. The van der Waals surface area contributed by atoms with Gasteiger partial charge in [0.1, 0.15) is 64.0 Å². The van der Waals surface area contributed by atoms with Gasteiger partial charge in [-0.05, 0) is 50.6 Å². The second-order valence-electron chi connectivity index (χ2n) is 13.0. The lowest BCUT2D eigenvalue weighted by molar-refractivity contribution is 0.361. The largest absolute Gasteiger partial charge is 0.383 e. The van der Waals surface area contributed by atoms with Crippen molar-refractivity contribution < 1.29 is 0 Å². The zero-order valence-corrected chi connectivity index (χ0v) is 32.3. The fourth-order valence-electron chi connectivity index (χ4n) is 5.17. The highest BCUT2D eigenvalue weighted by atomic mass is 35.5. The van der Waals surface area contributed by atoms with Gasteiger partial charge in [-0.3, -0.25) is 5.10 Å². The number of hydrogen-bond donors (Lipinski definition) is 5. The van der Waals surface area contributed by atoms with E-state index in [1.807, 2.05) is 119 Å². The lowest BCUT2D eigenvalue weighted by Gasteiger charge is -2.20. The van der Waals surface area contributed by atoms with Crippen LogP contribution in [-0.2, 0) is 5.54 Å². The molecule has 0 radical (unpaired) electrons. The molecule has 0 aliphatic rings. The van der Waals surface area contributed by atoms with E-state index in [0.29, 0.717) is 50.4 Å². The van der Waals surface area contributed by atoms with Crippen LogP contribution in [0.3, 0.4) is 0 Å². The van der Waals surface area contributed by atoms with Gasteiger partial charge in [-0.15, -0.1) is 0 Å². The van der Waals surface area contributed by atoms with Gasteiger partial charge in [0.05, 0.1) is 46.2 Å². The second kappa shape index (κ2) is 18.8. The molecule has 1 atom stereocenters. The number of anilines is 4. The zero-order chi connectivity index (χ0) is 41.7. The summed E-state index contributed by atoms with van der Waals surface area (Å²) < 4.78 is 4.63. The third kappa shape index (κ3) is 9.93. The lowest BCUT2D eigenvalue weighted by atomic mass is 9.95. The van der Waals surface area contributed by atoms with Crippen molar-refractivity contribution in [3.63, 3.8) is 0 Å². The molecule has 9 N–H and O–H groups in total. The Bertz CT molecular complexity index is 2580. The van der Waals surface area contributed by atoms with Crippen molar-refractivity contribution in [3.8, 4) is 35.7 Å². The number of hydrogen-bond acceptors (Lipinski definition) is 12. The number of para-hydroxylation sites is 2. The van der Waals surface area contributed by atoms with Crippen molar-refractivity contribution in [1.82, 2.24) is 39.5 Å². The minimum atomic E-state index is -0.167. The Labute approximate surface area is 334 Å². The van der Waals surface area contributed by atoms with Gasteiger partial charge < -0.3 is 22.9 Å². The molecule has 0 fully saturated rings. The summed E-state index contributed by atoms with van der Waals surface area (Å²) >= 11 is 5.98. The summed E-state index contributed by atoms with van der Waals surface area (Å²) in [4.78, 5) is 0. The van der Waals surface area contributed by atoms with Crippen LogP contribution in [0.5, 0.6) is 0 Å². The molecule has 286 valence electrons. The van der Waals surface area contributed by atoms with Crippen molar-refractivity contribution >= 4 is 34.9 Å². The van der Waals surface area contributed by atoms with Gasteiger partial charge in [0.2, 0.25) is 0 Å². The highest BCUT2D eigenvalue weighted by Crippen LogP contribution is 2.27. The summed E-state index contributed by atoms with van der Waals surface area (Å²) in [5, 5.41) is 54.3. The average molecular weight is 779 g/mol. The van der Waals surface area contributed by atoms with Crippen LogP contribution in [0.2, 0.25) is 5.02 Å². The van der Waals surface area contributed by atoms with Crippen LogP contribution >= 0.6 is 11.6 Å². The standard InChI is InChI=1S/C12H12N4.C10H7ClN4.C10H8N4.C8H12N4/c1-8(9-5-3-2-4-6-9)11-10(7-13)12(14)16-15-11;11-8-3-1-2-4-9(8)15-10(13)7(5-12)6-14-15;11-6-8-7-13-14(10(8)12)9-4-2-1-3-5-9;1-8(2,3)12-7(10)6(4-9)5-11-12/h2-6,8H,1H3,(H3,14,15,16);1-4,6H,13H2;1-5,7H,12H2;5H,10H2,1-3H3. The van der Waals surface area contributed by atoms with Gasteiger partial charge >= 0.3 is 0 Å². The molecule has 0 spiro atoms. The lowest BCUT2D eigenvalue weighted by Crippen LogP contribution is -2.24.